The van der Waals surface area contributed by atoms with E-state index in [2.05, 4.69) is 53.7 Å². The Morgan fingerprint density at radius 1 is 1.06 bits per heavy atom. The van der Waals surface area contributed by atoms with Gasteiger partial charge < -0.3 is 14.8 Å². The van der Waals surface area contributed by atoms with Crippen molar-refractivity contribution in [2.24, 2.45) is 5.92 Å². The first-order valence-electron chi connectivity index (χ1n) is 11.9. The average Bonchev–Trinajstić information content (AvgIpc) is 2.84. The number of carbonyl (C=O) groups is 1. The van der Waals surface area contributed by atoms with Gasteiger partial charge >= 0.3 is 0 Å². The van der Waals surface area contributed by atoms with E-state index in [0.717, 1.165) is 55.1 Å². The van der Waals surface area contributed by atoms with Crippen LogP contribution in [0.15, 0.2) is 66.9 Å². The molecule has 174 valence electrons. The average molecular weight is 463 g/mol. The van der Waals surface area contributed by atoms with Gasteiger partial charge in [0.15, 0.2) is 6.29 Å². The van der Waals surface area contributed by atoms with E-state index in [-0.39, 0.29) is 18.1 Å². The number of fused-ring (bicyclic) bond motifs is 1. The summed E-state index contributed by atoms with van der Waals surface area (Å²) >= 11 is 0. The zero-order chi connectivity index (χ0) is 23.1. The second-order valence-electron chi connectivity index (χ2n) is 9.56. The molecule has 1 N–H and O–H groups in total. The Bertz CT molecular complexity index is 1050. The first-order valence-corrected chi connectivity index (χ1v) is 15.1. The van der Waals surface area contributed by atoms with Gasteiger partial charge in [0, 0.05) is 18.0 Å². The summed E-state index contributed by atoms with van der Waals surface area (Å²) in [5.41, 5.74) is 1.60. The smallest absolute Gasteiger partial charge is 0.224 e. The highest BCUT2D eigenvalue weighted by atomic mass is 28.3. The summed E-state index contributed by atoms with van der Waals surface area (Å²) in [6.07, 6.45) is 4.79. The number of pyridine rings is 1. The van der Waals surface area contributed by atoms with Crippen LogP contribution in [0.25, 0.3) is 10.9 Å². The summed E-state index contributed by atoms with van der Waals surface area (Å²) in [4.78, 5) is 17.6. The van der Waals surface area contributed by atoms with E-state index in [1.54, 1.807) is 6.20 Å². The van der Waals surface area contributed by atoms with E-state index in [1.165, 1.54) is 5.19 Å². The summed E-state index contributed by atoms with van der Waals surface area (Å²) in [5.74, 6) is 0.311. The first-order chi connectivity index (χ1) is 16.0. The Morgan fingerprint density at radius 3 is 2.61 bits per heavy atom. The Morgan fingerprint density at radius 2 is 1.82 bits per heavy atom. The molecule has 1 unspecified atom stereocenters. The van der Waals surface area contributed by atoms with Crippen LogP contribution in [0, 0.1) is 5.92 Å². The van der Waals surface area contributed by atoms with E-state index < -0.39 is 8.07 Å². The van der Waals surface area contributed by atoms with Gasteiger partial charge in [-0.05, 0) is 37.3 Å². The summed E-state index contributed by atoms with van der Waals surface area (Å²) in [6, 6.07) is 21.6. The molecule has 6 heteroatoms. The molecule has 0 bridgehead atoms. The summed E-state index contributed by atoms with van der Waals surface area (Å²) < 4.78 is 11.5. The molecule has 33 heavy (non-hydrogen) atoms. The van der Waals surface area contributed by atoms with Crippen LogP contribution in [-0.2, 0) is 14.3 Å². The SMILES string of the molecule is C[Si](C)(CC(CCC1OCCCO1)CC(=O)Nc1cccc2cccnc12)c1ccccc1. The normalized spacial score (nSPS) is 15.9. The standard InChI is InChI=1S/C27H34N2O3Si/c1-33(2,23-11-4-3-5-12-23)20-21(14-15-26-31-17-8-18-32-26)19-25(30)29-24-13-6-9-22-10-7-16-28-27(22)24/h3-7,9-13,16,21,26H,8,14-15,17-20H2,1-2H3,(H,29,30). The number of amides is 1. The van der Waals surface area contributed by atoms with Gasteiger partial charge in [-0.25, -0.2) is 0 Å². The molecule has 1 aromatic heterocycles. The molecule has 1 fully saturated rings. The van der Waals surface area contributed by atoms with Crippen molar-refractivity contribution in [2.75, 3.05) is 18.5 Å². The number of rotatable bonds is 9. The summed E-state index contributed by atoms with van der Waals surface area (Å²) in [6.45, 7) is 6.31. The second kappa shape index (κ2) is 11.1. The van der Waals surface area contributed by atoms with Crippen LogP contribution in [0.3, 0.4) is 0 Å². The third-order valence-corrected chi connectivity index (χ3v) is 9.94. The van der Waals surface area contributed by atoms with Crippen LogP contribution in [0.1, 0.15) is 25.7 Å². The number of hydrogen-bond acceptors (Lipinski definition) is 4. The van der Waals surface area contributed by atoms with Gasteiger partial charge in [-0.15, -0.1) is 0 Å². The lowest BCUT2D eigenvalue weighted by atomic mass is 10.0. The van der Waals surface area contributed by atoms with Crippen LogP contribution >= 0.6 is 0 Å². The van der Waals surface area contributed by atoms with Crippen LogP contribution < -0.4 is 10.5 Å². The lowest BCUT2D eigenvalue weighted by Gasteiger charge is -2.30. The van der Waals surface area contributed by atoms with Crippen molar-refractivity contribution < 1.29 is 14.3 Å². The van der Waals surface area contributed by atoms with Crippen molar-refractivity contribution in [3.05, 3.63) is 66.9 Å². The second-order valence-corrected chi connectivity index (χ2v) is 14.3. The van der Waals surface area contributed by atoms with Crippen molar-refractivity contribution in [3.8, 4) is 0 Å². The Balaban J connectivity index is 1.46. The quantitative estimate of drug-likeness (QED) is 0.436. The highest BCUT2D eigenvalue weighted by Crippen LogP contribution is 2.28. The highest BCUT2D eigenvalue weighted by molar-refractivity contribution is 6.89. The maximum atomic E-state index is 13.2. The van der Waals surface area contributed by atoms with Crippen molar-refractivity contribution in [2.45, 2.75) is 51.1 Å². The molecule has 5 nitrogen and oxygen atoms in total. The molecule has 4 rings (SSSR count). The summed E-state index contributed by atoms with van der Waals surface area (Å²) in [5, 5.41) is 5.58. The van der Waals surface area contributed by atoms with Gasteiger partial charge in [-0.2, -0.15) is 0 Å². The fourth-order valence-corrected chi connectivity index (χ4v) is 7.87. The zero-order valence-electron chi connectivity index (χ0n) is 19.6. The van der Waals surface area contributed by atoms with Gasteiger partial charge in [-0.1, -0.05) is 72.9 Å². The minimum absolute atomic E-state index is 0.0431. The topological polar surface area (TPSA) is 60.5 Å². The van der Waals surface area contributed by atoms with Gasteiger partial charge in [-0.3, -0.25) is 9.78 Å². The molecule has 1 saturated heterocycles. The molecule has 3 aromatic rings. The molecule has 1 aliphatic heterocycles. The first kappa shape index (κ1) is 23.6. The molecular formula is C27H34N2O3Si. The van der Waals surface area contributed by atoms with E-state index in [4.69, 9.17) is 9.47 Å². The molecule has 0 spiro atoms. The van der Waals surface area contributed by atoms with Crippen molar-refractivity contribution >= 4 is 35.8 Å². The van der Waals surface area contributed by atoms with Crippen LogP contribution in [0.4, 0.5) is 5.69 Å². The van der Waals surface area contributed by atoms with Crippen molar-refractivity contribution in [3.63, 3.8) is 0 Å². The molecular weight excluding hydrogens is 428 g/mol. The molecule has 1 amide bonds. The monoisotopic (exact) mass is 462 g/mol. The molecule has 1 aliphatic rings. The van der Waals surface area contributed by atoms with E-state index >= 15 is 0 Å². The molecule has 0 saturated carbocycles. The minimum atomic E-state index is -1.71. The van der Waals surface area contributed by atoms with E-state index in [9.17, 15) is 4.79 Å². The molecule has 2 aromatic carbocycles. The number of anilines is 1. The molecule has 2 heterocycles. The largest absolute Gasteiger partial charge is 0.353 e. The van der Waals surface area contributed by atoms with Gasteiger partial charge in [0.05, 0.1) is 32.5 Å². The number of ether oxygens (including phenoxy) is 2. The highest BCUT2D eigenvalue weighted by Gasteiger charge is 2.29. The molecule has 1 atom stereocenters. The predicted octanol–water partition coefficient (Wildman–Crippen LogP) is 5.34. The number of hydrogen-bond donors (Lipinski definition) is 1. The number of aromatic nitrogens is 1. The fourth-order valence-electron chi connectivity index (χ4n) is 4.75. The lowest BCUT2D eigenvalue weighted by molar-refractivity contribution is -0.182. The van der Waals surface area contributed by atoms with Crippen molar-refractivity contribution in [1.82, 2.24) is 4.98 Å². The maximum absolute atomic E-state index is 13.2. The van der Waals surface area contributed by atoms with E-state index in [1.807, 2.05) is 30.3 Å². The number of carbonyl (C=O) groups excluding carboxylic acids is 1. The molecule has 0 radical (unpaired) electrons. The van der Waals surface area contributed by atoms with Crippen molar-refractivity contribution in [1.29, 1.82) is 0 Å². The number of nitrogens with one attached hydrogen (secondary N) is 1. The fraction of sp³-hybridized carbons (Fsp3) is 0.407. The van der Waals surface area contributed by atoms with Crippen LogP contribution in [0.5, 0.6) is 0 Å². The number of benzene rings is 2. The maximum Gasteiger partial charge on any atom is 0.224 e. The van der Waals surface area contributed by atoms with Gasteiger partial charge in [0.1, 0.15) is 0 Å². The lowest BCUT2D eigenvalue weighted by Crippen LogP contribution is -2.43. The predicted molar refractivity (Wildman–Crippen MR) is 136 cm³/mol. The Hall–Kier alpha value is -2.54. The van der Waals surface area contributed by atoms with Gasteiger partial charge in [0.25, 0.3) is 0 Å². The van der Waals surface area contributed by atoms with Crippen LogP contribution in [-0.4, -0.2) is 38.5 Å². The Kier molecular flexibility index (Phi) is 7.91. The third kappa shape index (κ3) is 6.50. The Labute approximate surface area is 197 Å². The van der Waals surface area contributed by atoms with E-state index in [0.29, 0.717) is 6.42 Å². The zero-order valence-corrected chi connectivity index (χ0v) is 20.6. The minimum Gasteiger partial charge on any atom is -0.353 e. The number of nitrogens with zero attached hydrogens (tertiary/aromatic N) is 1. The van der Waals surface area contributed by atoms with Gasteiger partial charge in [0.2, 0.25) is 5.91 Å². The molecule has 0 aliphatic carbocycles. The third-order valence-electron chi connectivity index (χ3n) is 6.44. The van der Waals surface area contributed by atoms with Crippen LogP contribution in [0.2, 0.25) is 19.1 Å². The summed E-state index contributed by atoms with van der Waals surface area (Å²) in [7, 11) is -1.71. The number of para-hydroxylation sites is 1.